The Bertz CT molecular complexity index is 447. The Morgan fingerprint density at radius 3 is 3.06 bits per heavy atom. The summed E-state index contributed by atoms with van der Waals surface area (Å²) >= 11 is 1.80. The molecule has 2 atom stereocenters. The van der Waals surface area contributed by atoms with Crippen molar-refractivity contribution < 1.29 is 9.47 Å². The van der Waals surface area contributed by atoms with E-state index in [9.17, 15) is 0 Å². The predicted molar refractivity (Wildman–Crippen MR) is 68.2 cm³/mol. The minimum Gasteiger partial charge on any atom is -0.496 e. The average molecular weight is 249 g/mol. The van der Waals surface area contributed by atoms with Gasteiger partial charge in [-0.05, 0) is 18.2 Å². The number of nitrogens with two attached hydrogens (primary N) is 1. The molecule has 0 radical (unpaired) electrons. The van der Waals surface area contributed by atoms with Crippen LogP contribution in [0, 0.1) is 0 Å². The highest BCUT2D eigenvalue weighted by atomic mass is 32.2. The summed E-state index contributed by atoms with van der Waals surface area (Å²) in [6, 6.07) is 7.92. The Kier molecular flexibility index (Phi) is 2.99. The molecule has 2 unspecified atom stereocenters. The fourth-order valence-corrected chi connectivity index (χ4v) is 3.12. The van der Waals surface area contributed by atoms with Crippen LogP contribution >= 0.6 is 11.8 Å². The molecule has 2 aliphatic rings. The molecule has 0 aliphatic carbocycles. The van der Waals surface area contributed by atoms with Crippen molar-refractivity contribution in [3.63, 3.8) is 0 Å². The average Bonchev–Trinajstić information content (AvgIpc) is 2.91. The number of ether oxygens (including phenoxy) is 2. The highest BCUT2D eigenvalue weighted by Gasteiger charge is 2.29. The Labute approximate surface area is 105 Å². The van der Waals surface area contributed by atoms with Crippen LogP contribution in [0.1, 0.15) is 6.42 Å². The molecule has 4 heteroatoms. The number of hydrogen-bond donors (Lipinski definition) is 1. The van der Waals surface area contributed by atoms with E-state index >= 15 is 0 Å². The second kappa shape index (κ2) is 4.63. The monoisotopic (exact) mass is 249 g/mol. The first kappa shape index (κ1) is 11.0. The molecule has 2 aliphatic heterocycles. The highest BCUT2D eigenvalue weighted by Crippen LogP contribution is 2.36. The van der Waals surface area contributed by atoms with Gasteiger partial charge in [-0.2, -0.15) is 0 Å². The zero-order valence-corrected chi connectivity index (χ0v) is 10.3. The highest BCUT2D eigenvalue weighted by molar-refractivity contribution is 7.99. The van der Waals surface area contributed by atoms with Gasteiger partial charge in [0, 0.05) is 17.1 Å². The minimum absolute atomic E-state index is 0.000694. The van der Waals surface area contributed by atoms with Gasteiger partial charge < -0.3 is 15.2 Å². The van der Waals surface area contributed by atoms with Crippen molar-refractivity contribution in [2.45, 2.75) is 23.5 Å². The van der Waals surface area contributed by atoms with Gasteiger partial charge in [0.2, 0.25) is 0 Å². The molecule has 1 aromatic carbocycles. The molecule has 0 saturated heterocycles. The third kappa shape index (κ3) is 2.15. The quantitative estimate of drug-likeness (QED) is 0.872. The largest absolute Gasteiger partial charge is 0.496 e. The number of fused-ring (bicyclic) bond motifs is 1. The Morgan fingerprint density at radius 1 is 1.35 bits per heavy atom. The van der Waals surface area contributed by atoms with Gasteiger partial charge in [0.15, 0.2) is 0 Å². The lowest BCUT2D eigenvalue weighted by Gasteiger charge is -2.29. The van der Waals surface area contributed by atoms with Gasteiger partial charge in [0.05, 0.1) is 6.61 Å². The zero-order chi connectivity index (χ0) is 11.7. The summed E-state index contributed by atoms with van der Waals surface area (Å²) in [6.45, 7) is 0.749. The van der Waals surface area contributed by atoms with Crippen LogP contribution in [-0.2, 0) is 4.74 Å². The third-order valence-electron chi connectivity index (χ3n) is 2.99. The Morgan fingerprint density at radius 2 is 2.24 bits per heavy atom. The first-order valence-electron chi connectivity index (χ1n) is 5.81. The number of rotatable bonds is 2. The van der Waals surface area contributed by atoms with Gasteiger partial charge in [0.1, 0.15) is 23.7 Å². The van der Waals surface area contributed by atoms with Crippen LogP contribution in [0.3, 0.4) is 0 Å². The van der Waals surface area contributed by atoms with E-state index in [1.54, 1.807) is 11.8 Å². The SMILES string of the molecule is NC(C1=CCCO1)C1CSc2ccccc2O1. The van der Waals surface area contributed by atoms with Crippen molar-refractivity contribution >= 4 is 11.8 Å². The first-order valence-corrected chi connectivity index (χ1v) is 6.80. The van der Waals surface area contributed by atoms with Crippen LogP contribution in [0.5, 0.6) is 5.75 Å². The van der Waals surface area contributed by atoms with E-state index in [0.29, 0.717) is 0 Å². The van der Waals surface area contributed by atoms with E-state index in [1.807, 2.05) is 18.2 Å². The van der Waals surface area contributed by atoms with Crippen molar-refractivity contribution in [3.8, 4) is 5.75 Å². The van der Waals surface area contributed by atoms with Gasteiger partial charge in [-0.3, -0.25) is 0 Å². The van der Waals surface area contributed by atoms with Crippen LogP contribution in [-0.4, -0.2) is 24.5 Å². The summed E-state index contributed by atoms with van der Waals surface area (Å²) in [6.07, 6.45) is 3.03. The van der Waals surface area contributed by atoms with Gasteiger partial charge >= 0.3 is 0 Å². The smallest absolute Gasteiger partial charge is 0.133 e. The number of benzene rings is 1. The summed E-state index contributed by atoms with van der Waals surface area (Å²) in [7, 11) is 0. The van der Waals surface area contributed by atoms with Crippen molar-refractivity contribution in [1.82, 2.24) is 0 Å². The molecule has 0 saturated carbocycles. The molecule has 0 spiro atoms. The molecule has 0 aromatic heterocycles. The lowest BCUT2D eigenvalue weighted by Crippen LogP contribution is -2.43. The molecule has 0 bridgehead atoms. The maximum absolute atomic E-state index is 6.18. The molecule has 3 nitrogen and oxygen atoms in total. The molecule has 0 fully saturated rings. The lowest BCUT2D eigenvalue weighted by molar-refractivity contribution is 0.149. The molecular weight excluding hydrogens is 234 g/mol. The van der Waals surface area contributed by atoms with E-state index in [2.05, 4.69) is 12.1 Å². The molecule has 3 rings (SSSR count). The van der Waals surface area contributed by atoms with Gasteiger partial charge in [0.25, 0.3) is 0 Å². The van der Waals surface area contributed by atoms with Crippen molar-refractivity contribution in [2.24, 2.45) is 5.73 Å². The maximum atomic E-state index is 6.18. The summed E-state index contributed by atoms with van der Waals surface area (Å²) in [4.78, 5) is 1.19. The number of para-hydroxylation sites is 1. The minimum atomic E-state index is -0.154. The van der Waals surface area contributed by atoms with E-state index in [4.69, 9.17) is 15.2 Å². The molecule has 90 valence electrons. The lowest BCUT2D eigenvalue weighted by atomic mass is 10.1. The second-order valence-electron chi connectivity index (χ2n) is 4.18. The Hall–Kier alpha value is -1.13. The fourth-order valence-electron chi connectivity index (χ4n) is 2.07. The van der Waals surface area contributed by atoms with E-state index in [0.717, 1.165) is 30.3 Å². The van der Waals surface area contributed by atoms with Crippen LogP contribution in [0.2, 0.25) is 0 Å². The van der Waals surface area contributed by atoms with Crippen molar-refractivity contribution in [1.29, 1.82) is 0 Å². The number of hydrogen-bond acceptors (Lipinski definition) is 4. The van der Waals surface area contributed by atoms with E-state index in [-0.39, 0.29) is 12.1 Å². The van der Waals surface area contributed by atoms with Crippen LogP contribution < -0.4 is 10.5 Å². The molecular formula is C13H15NO2S. The second-order valence-corrected chi connectivity index (χ2v) is 5.25. The fraction of sp³-hybridized carbons (Fsp3) is 0.385. The normalized spacial score (nSPS) is 24.3. The van der Waals surface area contributed by atoms with Crippen LogP contribution in [0.4, 0.5) is 0 Å². The van der Waals surface area contributed by atoms with Crippen molar-refractivity contribution in [3.05, 3.63) is 36.1 Å². The third-order valence-corrected chi connectivity index (χ3v) is 4.14. The maximum Gasteiger partial charge on any atom is 0.133 e. The van der Waals surface area contributed by atoms with Gasteiger partial charge in [-0.1, -0.05) is 12.1 Å². The first-order chi connectivity index (χ1) is 8.34. The predicted octanol–water partition coefficient (Wildman–Crippen LogP) is 2.17. The molecule has 2 heterocycles. The zero-order valence-electron chi connectivity index (χ0n) is 9.46. The van der Waals surface area contributed by atoms with Gasteiger partial charge in [-0.25, -0.2) is 0 Å². The summed E-state index contributed by atoms with van der Waals surface area (Å²) in [5, 5.41) is 0. The summed E-state index contributed by atoms with van der Waals surface area (Å²) in [5.74, 6) is 2.69. The molecule has 1 aromatic rings. The summed E-state index contributed by atoms with van der Waals surface area (Å²) in [5.41, 5.74) is 6.18. The van der Waals surface area contributed by atoms with E-state index in [1.165, 1.54) is 4.90 Å². The standard InChI is InChI=1S/C13H15NO2S/c14-13(10-5-3-7-15-10)11-8-17-12-6-2-1-4-9(12)16-11/h1-2,4-6,11,13H,3,7-8,14H2. The van der Waals surface area contributed by atoms with Crippen LogP contribution in [0.15, 0.2) is 41.0 Å². The molecule has 2 N–H and O–H groups in total. The van der Waals surface area contributed by atoms with Crippen LogP contribution in [0.25, 0.3) is 0 Å². The molecule has 17 heavy (non-hydrogen) atoms. The molecule has 0 amide bonds. The Balaban J connectivity index is 1.75. The van der Waals surface area contributed by atoms with Gasteiger partial charge in [-0.15, -0.1) is 11.8 Å². The topological polar surface area (TPSA) is 44.5 Å². The summed E-state index contributed by atoms with van der Waals surface area (Å²) < 4.78 is 11.4. The number of thioether (sulfide) groups is 1. The van der Waals surface area contributed by atoms with Crippen molar-refractivity contribution in [2.75, 3.05) is 12.4 Å². The van der Waals surface area contributed by atoms with E-state index < -0.39 is 0 Å².